The summed E-state index contributed by atoms with van der Waals surface area (Å²) >= 11 is 1.69. The second-order valence-corrected chi connectivity index (χ2v) is 8.62. The molecule has 150 valence electrons. The van der Waals surface area contributed by atoms with Gasteiger partial charge in [-0.3, -0.25) is 19.1 Å². The van der Waals surface area contributed by atoms with Crippen LogP contribution in [0.15, 0.2) is 29.3 Å². The van der Waals surface area contributed by atoms with Crippen LogP contribution in [0, 0.1) is 5.92 Å². The van der Waals surface area contributed by atoms with E-state index in [0.29, 0.717) is 13.1 Å². The van der Waals surface area contributed by atoms with Crippen molar-refractivity contribution in [2.45, 2.75) is 24.9 Å². The molecule has 2 aromatic heterocycles. The van der Waals surface area contributed by atoms with Crippen molar-refractivity contribution in [1.82, 2.24) is 29.5 Å². The number of piperidine rings is 1. The molecule has 0 aromatic carbocycles. The minimum Gasteiger partial charge on any atom is -0.353 e. The molecule has 1 N–H and O–H groups in total. The van der Waals surface area contributed by atoms with E-state index in [4.69, 9.17) is 0 Å². The quantitative estimate of drug-likeness (QED) is 0.713. The number of likely N-dealkylation sites (tertiary alicyclic amines) is 1. The van der Waals surface area contributed by atoms with E-state index in [0.717, 1.165) is 36.8 Å². The zero-order valence-corrected chi connectivity index (χ0v) is 17.1. The predicted molar refractivity (Wildman–Crippen MR) is 108 cm³/mol. The Balaban J connectivity index is 1.63. The molecule has 2 aliphatic rings. The van der Waals surface area contributed by atoms with Crippen molar-refractivity contribution < 1.29 is 4.79 Å². The molecular weight excluding hydrogens is 376 g/mol. The molecule has 3 atom stereocenters. The zero-order chi connectivity index (χ0) is 19.7. The molecule has 0 spiro atoms. The van der Waals surface area contributed by atoms with Crippen LogP contribution < -0.4 is 10.9 Å². The molecule has 2 aliphatic heterocycles. The molecule has 1 fully saturated rings. The second-order valence-electron chi connectivity index (χ2n) is 7.63. The summed E-state index contributed by atoms with van der Waals surface area (Å²) in [6, 6.07) is 4.91. The number of hydrogen-bond donors (Lipinski definition) is 1. The third-order valence-corrected chi connectivity index (χ3v) is 6.38. The molecule has 2 aromatic rings. The van der Waals surface area contributed by atoms with Crippen molar-refractivity contribution in [3.05, 3.63) is 46.4 Å². The van der Waals surface area contributed by atoms with Gasteiger partial charge in [0.1, 0.15) is 18.2 Å². The van der Waals surface area contributed by atoms with Crippen LogP contribution in [0.1, 0.15) is 29.9 Å². The lowest BCUT2D eigenvalue weighted by Gasteiger charge is -2.46. The Bertz CT molecular complexity index is 910. The summed E-state index contributed by atoms with van der Waals surface area (Å²) in [5.41, 5.74) is 0.885. The summed E-state index contributed by atoms with van der Waals surface area (Å²) in [6.07, 6.45) is 4.65. The van der Waals surface area contributed by atoms with Gasteiger partial charge in [0, 0.05) is 56.0 Å². The topological polar surface area (TPSA) is 85.1 Å². The summed E-state index contributed by atoms with van der Waals surface area (Å²) in [4.78, 5) is 28.0. The number of carbonyl (C=O) groups excluding carboxylic acids is 1. The summed E-state index contributed by atoms with van der Waals surface area (Å²) < 4.78 is 3.67. The molecule has 0 saturated carbocycles. The number of aromatic nitrogens is 4. The third kappa shape index (κ3) is 3.60. The molecule has 2 bridgehead atoms. The first-order chi connectivity index (χ1) is 13.6. The summed E-state index contributed by atoms with van der Waals surface area (Å²) in [5, 5.41) is 11.2. The van der Waals surface area contributed by atoms with E-state index >= 15 is 0 Å². The molecule has 4 rings (SSSR count). The van der Waals surface area contributed by atoms with Crippen molar-refractivity contribution in [2.24, 2.45) is 13.0 Å². The van der Waals surface area contributed by atoms with Crippen LogP contribution in [0.3, 0.4) is 0 Å². The van der Waals surface area contributed by atoms with Crippen LogP contribution in [-0.2, 0) is 18.4 Å². The van der Waals surface area contributed by atoms with E-state index < -0.39 is 6.04 Å². The van der Waals surface area contributed by atoms with Gasteiger partial charge in [-0.1, -0.05) is 6.07 Å². The minimum atomic E-state index is -0.455. The molecule has 8 nitrogen and oxygen atoms in total. The number of fused-ring (bicyclic) bond motifs is 4. The maximum Gasteiger partial charge on any atom is 0.251 e. The van der Waals surface area contributed by atoms with E-state index in [1.54, 1.807) is 34.8 Å². The third-order valence-electron chi connectivity index (χ3n) is 5.77. The highest BCUT2D eigenvalue weighted by atomic mass is 32.2. The van der Waals surface area contributed by atoms with Crippen molar-refractivity contribution >= 4 is 17.7 Å². The van der Waals surface area contributed by atoms with Gasteiger partial charge in [0.2, 0.25) is 5.91 Å². The lowest BCUT2D eigenvalue weighted by Crippen LogP contribution is -2.53. The van der Waals surface area contributed by atoms with Crippen LogP contribution in [0.25, 0.3) is 0 Å². The van der Waals surface area contributed by atoms with Gasteiger partial charge in [0.15, 0.2) is 0 Å². The number of amides is 1. The van der Waals surface area contributed by atoms with E-state index in [-0.39, 0.29) is 23.3 Å². The number of carbonyl (C=O) groups is 1. The monoisotopic (exact) mass is 402 g/mol. The number of hydrogen-bond acceptors (Lipinski definition) is 6. The number of aryl methyl sites for hydroxylation is 1. The molecule has 1 saturated heterocycles. The Morgan fingerprint density at radius 3 is 2.96 bits per heavy atom. The maximum absolute atomic E-state index is 13.0. The predicted octanol–water partition coefficient (Wildman–Crippen LogP) is 0.616. The van der Waals surface area contributed by atoms with Gasteiger partial charge in [0.25, 0.3) is 5.56 Å². The second kappa shape index (κ2) is 8.08. The number of nitrogens with zero attached hydrogens (tertiary/aromatic N) is 5. The first-order valence-corrected chi connectivity index (χ1v) is 11.0. The van der Waals surface area contributed by atoms with Gasteiger partial charge in [-0.2, -0.15) is 11.8 Å². The Hall–Kier alpha value is -2.13. The minimum absolute atomic E-state index is 0.0486. The summed E-state index contributed by atoms with van der Waals surface area (Å²) in [5.74, 6) is 2.07. The fourth-order valence-corrected chi connectivity index (χ4v) is 4.83. The maximum atomic E-state index is 13.0. The van der Waals surface area contributed by atoms with Gasteiger partial charge >= 0.3 is 0 Å². The molecule has 0 radical (unpaired) electrons. The Kier molecular flexibility index (Phi) is 5.54. The van der Waals surface area contributed by atoms with Gasteiger partial charge in [-0.15, -0.1) is 10.2 Å². The molecule has 28 heavy (non-hydrogen) atoms. The van der Waals surface area contributed by atoms with Crippen LogP contribution in [-0.4, -0.2) is 61.8 Å². The Morgan fingerprint density at radius 2 is 2.21 bits per heavy atom. The normalized spacial score (nSPS) is 24.0. The molecule has 4 heterocycles. The Labute approximate surface area is 168 Å². The van der Waals surface area contributed by atoms with Crippen LogP contribution in [0.4, 0.5) is 0 Å². The number of rotatable bonds is 6. The van der Waals surface area contributed by atoms with Crippen molar-refractivity contribution in [3.63, 3.8) is 0 Å². The van der Waals surface area contributed by atoms with Crippen LogP contribution in [0.5, 0.6) is 0 Å². The first-order valence-electron chi connectivity index (χ1n) is 9.61. The lowest BCUT2D eigenvalue weighted by atomic mass is 9.78. The Morgan fingerprint density at radius 1 is 1.36 bits per heavy atom. The first kappa shape index (κ1) is 19.2. The van der Waals surface area contributed by atoms with Crippen molar-refractivity contribution in [1.29, 1.82) is 0 Å². The molecule has 0 unspecified atom stereocenters. The molecule has 0 aliphatic carbocycles. The fraction of sp³-hybridized carbons (Fsp3) is 0.579. The van der Waals surface area contributed by atoms with Gasteiger partial charge in [-0.25, -0.2) is 0 Å². The molecule has 1 amide bonds. The van der Waals surface area contributed by atoms with E-state index in [1.807, 2.05) is 23.9 Å². The smallest absolute Gasteiger partial charge is 0.251 e. The van der Waals surface area contributed by atoms with E-state index in [2.05, 4.69) is 20.4 Å². The average Bonchev–Trinajstić information content (AvgIpc) is 3.07. The summed E-state index contributed by atoms with van der Waals surface area (Å²) in [6.45, 7) is 2.94. The summed E-state index contributed by atoms with van der Waals surface area (Å²) in [7, 11) is 1.94. The average molecular weight is 403 g/mol. The lowest BCUT2D eigenvalue weighted by molar-refractivity contribution is -0.127. The van der Waals surface area contributed by atoms with Crippen molar-refractivity contribution in [3.8, 4) is 0 Å². The van der Waals surface area contributed by atoms with Gasteiger partial charge < -0.3 is 9.88 Å². The van der Waals surface area contributed by atoms with Gasteiger partial charge in [-0.05, 0) is 18.7 Å². The highest BCUT2D eigenvalue weighted by Gasteiger charge is 2.43. The largest absolute Gasteiger partial charge is 0.353 e. The number of pyridine rings is 1. The highest BCUT2D eigenvalue weighted by molar-refractivity contribution is 7.98. The fourth-order valence-electron chi connectivity index (χ4n) is 4.53. The van der Waals surface area contributed by atoms with Crippen LogP contribution in [0.2, 0.25) is 0 Å². The van der Waals surface area contributed by atoms with Crippen molar-refractivity contribution in [2.75, 3.05) is 31.6 Å². The number of nitrogens with one attached hydrogen (secondary N) is 1. The molecule has 9 heteroatoms. The molecular formula is C19H26N6O2S. The standard InChI is InChI=1S/C19H26N6O2S/c1-23-12-21-22-16(23)11-24-9-13-8-14(10-24)18(19(27)20-6-7-28-2)25-15(13)4-3-5-17(25)26/h3-5,12-14,18H,6-11H2,1-2H3,(H,20,27)/t13-,14+,18-/m1/s1. The SMILES string of the molecule is CSCCNC(=O)[C@H]1[C@H]2C[C@H](CN(Cc3nncn3C)C2)c2cccc(=O)n21. The zero-order valence-electron chi connectivity index (χ0n) is 16.2. The van der Waals surface area contributed by atoms with Gasteiger partial charge in [0.05, 0.1) is 6.54 Å². The highest BCUT2D eigenvalue weighted by Crippen LogP contribution is 2.41. The van der Waals surface area contributed by atoms with Crippen LogP contribution >= 0.6 is 11.8 Å². The number of thioether (sulfide) groups is 1. The van der Waals surface area contributed by atoms with E-state index in [1.165, 1.54) is 0 Å². The van der Waals surface area contributed by atoms with E-state index in [9.17, 15) is 9.59 Å².